The fourth-order valence-electron chi connectivity index (χ4n) is 4.98. The van der Waals surface area contributed by atoms with Gasteiger partial charge < -0.3 is 4.90 Å². The summed E-state index contributed by atoms with van der Waals surface area (Å²) in [6, 6.07) is 12.7. The molecule has 2 aromatic rings. The van der Waals surface area contributed by atoms with Gasteiger partial charge in [-0.05, 0) is 63.2 Å². The summed E-state index contributed by atoms with van der Waals surface area (Å²) in [5, 5.41) is 9.76. The Morgan fingerprint density at radius 2 is 1.83 bits per heavy atom. The number of carbonyl (C=O) groups is 1. The van der Waals surface area contributed by atoms with Crippen molar-refractivity contribution < 1.29 is 4.79 Å². The second kappa shape index (κ2) is 10.8. The molecule has 0 atom stereocenters. The second-order valence-corrected chi connectivity index (χ2v) is 10.6. The highest BCUT2D eigenvalue weighted by atomic mass is 32.2. The van der Waals surface area contributed by atoms with Crippen LogP contribution in [-0.4, -0.2) is 39.3 Å². The van der Waals surface area contributed by atoms with E-state index in [2.05, 4.69) is 35.2 Å². The fourth-order valence-corrected chi connectivity index (χ4v) is 6.34. The maximum Gasteiger partial charge on any atom is 0.270 e. The Morgan fingerprint density at radius 1 is 1.14 bits per heavy atom. The van der Waals surface area contributed by atoms with Crippen LogP contribution in [-0.2, 0) is 17.8 Å². The maximum absolute atomic E-state index is 13.2. The molecule has 2 fully saturated rings. The highest BCUT2D eigenvalue weighted by molar-refractivity contribution is 8.26. The van der Waals surface area contributed by atoms with Gasteiger partial charge in [-0.1, -0.05) is 54.3 Å². The lowest BCUT2D eigenvalue weighted by molar-refractivity contribution is -0.121. The van der Waals surface area contributed by atoms with E-state index in [0.29, 0.717) is 33.8 Å². The number of amides is 1. The van der Waals surface area contributed by atoms with Gasteiger partial charge in [0.25, 0.3) is 11.5 Å². The lowest BCUT2D eigenvalue weighted by atomic mass is 9.90. The predicted octanol–water partition coefficient (Wildman–Crippen LogP) is 4.73. The average molecular weight is 507 g/mol. The zero-order valence-electron chi connectivity index (χ0n) is 20.4. The molecule has 2 aliphatic rings. The molecule has 1 aromatic carbocycles. The van der Waals surface area contributed by atoms with Crippen molar-refractivity contribution in [2.45, 2.75) is 46.6 Å². The predicted molar refractivity (Wildman–Crippen MR) is 146 cm³/mol. The summed E-state index contributed by atoms with van der Waals surface area (Å²) >= 11 is 6.67. The number of benzene rings is 1. The van der Waals surface area contributed by atoms with E-state index < -0.39 is 0 Å². The number of thiocarbonyl (C=S) groups is 1. The second-order valence-electron chi connectivity index (χ2n) is 8.94. The van der Waals surface area contributed by atoms with Crippen molar-refractivity contribution >= 4 is 46.1 Å². The molecule has 0 saturated carbocycles. The summed E-state index contributed by atoms with van der Waals surface area (Å²) in [6.07, 6.45) is 4.92. The highest BCUT2D eigenvalue weighted by Gasteiger charge is 2.32. The van der Waals surface area contributed by atoms with E-state index in [0.717, 1.165) is 43.7 Å². The van der Waals surface area contributed by atoms with Gasteiger partial charge in [0.2, 0.25) is 0 Å². The Balaban J connectivity index is 1.72. The Morgan fingerprint density at radius 3 is 2.40 bits per heavy atom. The monoisotopic (exact) mass is 506 g/mol. The third-order valence-corrected chi connectivity index (χ3v) is 8.29. The van der Waals surface area contributed by atoms with Crippen LogP contribution < -0.4 is 10.5 Å². The number of hydrogen-bond donors (Lipinski definition) is 0. The zero-order valence-corrected chi connectivity index (χ0v) is 22.0. The van der Waals surface area contributed by atoms with Crippen LogP contribution in [0.15, 0.2) is 40.0 Å². The lowest BCUT2D eigenvalue weighted by Crippen LogP contribution is -2.39. The van der Waals surface area contributed by atoms with E-state index in [1.807, 2.05) is 26.0 Å². The third-order valence-electron chi connectivity index (χ3n) is 6.91. The standard InChI is InChI=1S/C27H30N4O2S2/c1-4-30-24(29-13-11-20(12-14-29)15-19-9-7-6-8-10-19)21(18(3)22(17-28)25(30)32)16-23-26(33)31(5-2)27(34)35-23/h6-10,16,20H,4-5,11-15H2,1-3H3/b23-16-. The Bertz CT molecular complexity index is 1270. The first-order chi connectivity index (χ1) is 16.9. The van der Waals surface area contributed by atoms with Gasteiger partial charge in [-0.3, -0.25) is 19.1 Å². The lowest BCUT2D eigenvalue weighted by Gasteiger charge is -2.36. The normalized spacial score (nSPS) is 17.9. The van der Waals surface area contributed by atoms with Crippen molar-refractivity contribution in [1.29, 1.82) is 5.26 Å². The van der Waals surface area contributed by atoms with E-state index in [1.165, 1.54) is 17.3 Å². The SMILES string of the molecule is CCN1C(=O)/C(=C/c2c(C)c(C#N)c(=O)n(CC)c2N2CCC(Cc3ccccc3)CC2)SC1=S. The van der Waals surface area contributed by atoms with E-state index in [-0.39, 0.29) is 17.0 Å². The number of hydrogen-bond acceptors (Lipinski definition) is 6. The van der Waals surface area contributed by atoms with Crippen LogP contribution in [0.1, 0.15) is 48.9 Å². The Labute approximate surface area is 216 Å². The van der Waals surface area contributed by atoms with Gasteiger partial charge in [-0.2, -0.15) is 5.26 Å². The van der Waals surface area contributed by atoms with E-state index in [1.54, 1.807) is 16.4 Å². The molecular weight excluding hydrogens is 476 g/mol. The van der Waals surface area contributed by atoms with Crippen molar-refractivity contribution in [2.75, 3.05) is 24.5 Å². The van der Waals surface area contributed by atoms with Crippen LogP contribution in [0.4, 0.5) is 5.82 Å². The van der Waals surface area contributed by atoms with E-state index in [9.17, 15) is 14.9 Å². The van der Waals surface area contributed by atoms with Gasteiger partial charge in [-0.15, -0.1) is 0 Å². The van der Waals surface area contributed by atoms with Crippen LogP contribution in [0.2, 0.25) is 0 Å². The van der Waals surface area contributed by atoms with Crippen LogP contribution in [0.3, 0.4) is 0 Å². The molecule has 1 aromatic heterocycles. The van der Waals surface area contributed by atoms with Gasteiger partial charge >= 0.3 is 0 Å². The van der Waals surface area contributed by atoms with Gasteiger partial charge in [0, 0.05) is 31.7 Å². The number of thioether (sulfide) groups is 1. The number of carbonyl (C=O) groups excluding carboxylic acids is 1. The van der Waals surface area contributed by atoms with Crippen molar-refractivity contribution in [1.82, 2.24) is 9.47 Å². The van der Waals surface area contributed by atoms with Gasteiger partial charge in [0.1, 0.15) is 21.8 Å². The minimum Gasteiger partial charge on any atom is -0.357 e. The molecule has 2 saturated heterocycles. The molecule has 4 rings (SSSR count). The minimum absolute atomic E-state index is 0.123. The summed E-state index contributed by atoms with van der Waals surface area (Å²) in [7, 11) is 0. The Hall–Kier alpha value is -2.89. The molecule has 3 heterocycles. The largest absolute Gasteiger partial charge is 0.357 e. The maximum atomic E-state index is 13.2. The Kier molecular flexibility index (Phi) is 7.78. The molecule has 2 aliphatic heterocycles. The van der Waals surface area contributed by atoms with Gasteiger partial charge in [0.05, 0.1) is 4.91 Å². The topological polar surface area (TPSA) is 69.3 Å². The van der Waals surface area contributed by atoms with Crippen molar-refractivity contribution in [3.8, 4) is 6.07 Å². The number of nitrogens with zero attached hydrogens (tertiary/aromatic N) is 4. The summed E-state index contributed by atoms with van der Waals surface area (Å²) in [5.41, 5.74) is 2.59. The number of pyridine rings is 1. The molecule has 0 radical (unpaired) electrons. The van der Waals surface area contributed by atoms with E-state index >= 15 is 0 Å². The summed E-state index contributed by atoms with van der Waals surface area (Å²) in [5.74, 6) is 1.26. The number of likely N-dealkylation sites (N-methyl/N-ethyl adjacent to an activating group) is 1. The van der Waals surface area contributed by atoms with Crippen molar-refractivity contribution in [2.24, 2.45) is 5.92 Å². The number of piperidine rings is 1. The third kappa shape index (κ3) is 4.93. The smallest absolute Gasteiger partial charge is 0.270 e. The first-order valence-electron chi connectivity index (χ1n) is 12.1. The molecule has 182 valence electrons. The zero-order chi connectivity index (χ0) is 25.1. The fraction of sp³-hybridized carbons (Fsp3) is 0.407. The molecule has 0 bridgehead atoms. The van der Waals surface area contributed by atoms with Crippen LogP contribution in [0, 0.1) is 24.2 Å². The average Bonchev–Trinajstić information content (AvgIpc) is 3.14. The number of anilines is 1. The molecule has 1 amide bonds. The van der Waals surface area contributed by atoms with Gasteiger partial charge in [0.15, 0.2) is 0 Å². The molecule has 0 unspecified atom stereocenters. The van der Waals surface area contributed by atoms with Crippen LogP contribution in [0.5, 0.6) is 0 Å². The molecule has 6 nitrogen and oxygen atoms in total. The molecule has 0 N–H and O–H groups in total. The van der Waals surface area contributed by atoms with E-state index in [4.69, 9.17) is 12.2 Å². The molecule has 35 heavy (non-hydrogen) atoms. The van der Waals surface area contributed by atoms with Crippen LogP contribution in [0.25, 0.3) is 6.08 Å². The number of nitriles is 1. The first kappa shape index (κ1) is 25.2. The number of aromatic nitrogens is 1. The molecular formula is C27H30N4O2S2. The van der Waals surface area contributed by atoms with Crippen molar-refractivity contribution in [3.63, 3.8) is 0 Å². The summed E-state index contributed by atoms with van der Waals surface area (Å²) < 4.78 is 2.23. The molecule has 8 heteroatoms. The number of rotatable bonds is 6. The first-order valence-corrected chi connectivity index (χ1v) is 13.3. The van der Waals surface area contributed by atoms with Gasteiger partial charge in [-0.25, -0.2) is 0 Å². The molecule has 0 aliphatic carbocycles. The minimum atomic E-state index is -0.271. The highest BCUT2D eigenvalue weighted by Crippen LogP contribution is 2.36. The summed E-state index contributed by atoms with van der Waals surface area (Å²) in [6.45, 7) is 8.22. The quantitative estimate of drug-likeness (QED) is 0.417. The summed E-state index contributed by atoms with van der Waals surface area (Å²) in [4.78, 5) is 30.5. The van der Waals surface area contributed by atoms with Crippen LogP contribution >= 0.6 is 24.0 Å². The molecule has 0 spiro atoms. The van der Waals surface area contributed by atoms with Crippen molar-refractivity contribution in [3.05, 3.63) is 67.8 Å².